The number of urea groups is 1. The molecule has 2 aliphatic carbocycles. The summed E-state index contributed by atoms with van der Waals surface area (Å²) in [4.78, 5) is 49.7. The molecular weight excluding hydrogens is 440 g/mol. The second-order valence-corrected chi connectivity index (χ2v) is 10.0. The molecule has 1 heterocycles. The zero-order chi connectivity index (χ0) is 24.5. The molecule has 0 aromatic rings. The number of carbonyl (C=O) groups excluding carboxylic acids is 3. The van der Waals surface area contributed by atoms with E-state index in [-0.39, 0.29) is 62.0 Å². The van der Waals surface area contributed by atoms with Crippen LogP contribution in [-0.4, -0.2) is 78.3 Å². The summed E-state index contributed by atoms with van der Waals surface area (Å²) in [5.74, 6) is -0.543. The number of hydrogen-bond donors (Lipinski definition) is 4. The van der Waals surface area contributed by atoms with Gasteiger partial charge in [-0.2, -0.15) is 0 Å². The van der Waals surface area contributed by atoms with Gasteiger partial charge in [0.05, 0.1) is 19.6 Å². The summed E-state index contributed by atoms with van der Waals surface area (Å²) in [6, 6.07) is 0.339. The van der Waals surface area contributed by atoms with Gasteiger partial charge in [-0.3, -0.25) is 14.4 Å². The van der Waals surface area contributed by atoms with Gasteiger partial charge in [0.1, 0.15) is 0 Å². The van der Waals surface area contributed by atoms with Crippen molar-refractivity contribution in [1.29, 1.82) is 0 Å². The number of rotatable bonds is 8. The molecule has 0 radical (unpaired) electrons. The van der Waals surface area contributed by atoms with Crippen LogP contribution in [0.3, 0.4) is 0 Å². The second-order valence-electron chi connectivity index (χ2n) is 10.0. The molecule has 0 spiro atoms. The summed E-state index contributed by atoms with van der Waals surface area (Å²) in [6.45, 7) is 3.17. The first-order chi connectivity index (χ1) is 16.3. The van der Waals surface area contributed by atoms with Gasteiger partial charge in [-0.05, 0) is 50.4 Å². The summed E-state index contributed by atoms with van der Waals surface area (Å²) in [5.41, 5.74) is 0. The molecule has 3 aliphatic rings. The van der Waals surface area contributed by atoms with Crippen molar-refractivity contribution in [2.45, 2.75) is 89.3 Å². The SMILES string of the molecule is CC1CCCCC1NC(=O)NC1CCC(CC(=O)N2CCO[C@@H](C(=O)NCCC(=O)O)C2)CC1. The Morgan fingerprint density at radius 1 is 1.00 bits per heavy atom. The Hall–Kier alpha value is -2.36. The molecule has 1 aliphatic heterocycles. The Balaban J connectivity index is 1.35. The van der Waals surface area contributed by atoms with E-state index in [9.17, 15) is 19.2 Å². The van der Waals surface area contributed by atoms with Crippen molar-refractivity contribution in [1.82, 2.24) is 20.9 Å². The smallest absolute Gasteiger partial charge is 0.315 e. The van der Waals surface area contributed by atoms with E-state index in [0.29, 0.717) is 18.9 Å². The van der Waals surface area contributed by atoms with E-state index >= 15 is 0 Å². The number of morpholine rings is 1. The highest BCUT2D eigenvalue weighted by Crippen LogP contribution is 2.28. The topological polar surface area (TPSA) is 137 Å². The molecule has 2 saturated carbocycles. The first kappa shape index (κ1) is 26.2. The van der Waals surface area contributed by atoms with E-state index in [4.69, 9.17) is 9.84 Å². The lowest BCUT2D eigenvalue weighted by atomic mass is 9.83. The molecule has 192 valence electrons. The first-order valence-electron chi connectivity index (χ1n) is 12.8. The van der Waals surface area contributed by atoms with Gasteiger partial charge in [-0.1, -0.05) is 19.8 Å². The fraction of sp³-hybridized carbons (Fsp3) is 0.833. The monoisotopic (exact) mass is 480 g/mol. The van der Waals surface area contributed by atoms with Crippen LogP contribution in [0.4, 0.5) is 4.79 Å². The van der Waals surface area contributed by atoms with E-state index in [1.165, 1.54) is 19.3 Å². The lowest BCUT2D eigenvalue weighted by molar-refractivity contribution is -0.147. The van der Waals surface area contributed by atoms with Gasteiger partial charge in [0.15, 0.2) is 6.10 Å². The van der Waals surface area contributed by atoms with Crippen LogP contribution < -0.4 is 16.0 Å². The van der Waals surface area contributed by atoms with Crippen molar-refractivity contribution in [3.63, 3.8) is 0 Å². The highest BCUT2D eigenvalue weighted by molar-refractivity contribution is 5.83. The number of nitrogens with one attached hydrogen (secondary N) is 3. The van der Waals surface area contributed by atoms with Gasteiger partial charge < -0.3 is 30.7 Å². The molecule has 4 N–H and O–H groups in total. The average Bonchev–Trinajstić information content (AvgIpc) is 2.81. The van der Waals surface area contributed by atoms with Gasteiger partial charge in [0.25, 0.3) is 5.91 Å². The van der Waals surface area contributed by atoms with E-state index < -0.39 is 12.1 Å². The third kappa shape index (κ3) is 8.14. The highest BCUT2D eigenvalue weighted by Gasteiger charge is 2.32. The molecule has 0 aromatic heterocycles. The lowest BCUT2D eigenvalue weighted by Crippen LogP contribution is -2.52. The van der Waals surface area contributed by atoms with Crippen LogP contribution in [0.5, 0.6) is 0 Å². The Kier molecular flexibility index (Phi) is 9.98. The van der Waals surface area contributed by atoms with Crippen molar-refractivity contribution in [2.24, 2.45) is 11.8 Å². The molecule has 1 saturated heterocycles. The zero-order valence-corrected chi connectivity index (χ0v) is 20.2. The van der Waals surface area contributed by atoms with Crippen molar-refractivity contribution in [2.75, 3.05) is 26.2 Å². The van der Waals surface area contributed by atoms with Gasteiger partial charge in [0, 0.05) is 31.6 Å². The maximum atomic E-state index is 12.8. The lowest BCUT2D eigenvalue weighted by Gasteiger charge is -2.35. The van der Waals surface area contributed by atoms with Crippen molar-refractivity contribution in [3.8, 4) is 0 Å². The predicted molar refractivity (Wildman–Crippen MR) is 125 cm³/mol. The van der Waals surface area contributed by atoms with E-state index in [2.05, 4.69) is 22.9 Å². The molecule has 34 heavy (non-hydrogen) atoms. The maximum Gasteiger partial charge on any atom is 0.315 e. The van der Waals surface area contributed by atoms with E-state index in [0.717, 1.165) is 32.1 Å². The Morgan fingerprint density at radius 3 is 2.44 bits per heavy atom. The fourth-order valence-electron chi connectivity index (χ4n) is 5.25. The minimum absolute atomic E-state index is 0.0204. The van der Waals surface area contributed by atoms with E-state index in [1.807, 2.05) is 0 Å². The van der Waals surface area contributed by atoms with E-state index in [1.54, 1.807) is 4.90 Å². The standard InChI is InChI=1S/C24H40N4O6/c1-16-4-2-3-5-19(16)27-24(33)26-18-8-6-17(7-9-18)14-21(29)28-12-13-34-20(15-28)23(32)25-11-10-22(30)31/h16-20H,2-15H2,1H3,(H,25,32)(H,30,31)(H2,26,27,33)/t16?,17?,18?,19?,20-/m1/s1. The molecule has 10 heteroatoms. The summed E-state index contributed by atoms with van der Waals surface area (Å²) < 4.78 is 5.48. The molecule has 0 bridgehead atoms. The van der Waals surface area contributed by atoms with Crippen LogP contribution in [-0.2, 0) is 19.1 Å². The predicted octanol–water partition coefficient (Wildman–Crippen LogP) is 1.63. The number of carboxylic acid groups (broad SMARTS) is 1. The van der Waals surface area contributed by atoms with Crippen LogP contribution in [0, 0.1) is 11.8 Å². The van der Waals surface area contributed by atoms with Gasteiger partial charge in [-0.25, -0.2) is 4.79 Å². The van der Waals surface area contributed by atoms with Crippen molar-refractivity contribution in [3.05, 3.63) is 0 Å². The Bertz CT molecular complexity index is 724. The van der Waals surface area contributed by atoms with Crippen LogP contribution in [0.25, 0.3) is 0 Å². The summed E-state index contributed by atoms with van der Waals surface area (Å²) in [5, 5.41) is 17.5. The Labute approximate surface area is 201 Å². The minimum atomic E-state index is -0.981. The quantitative estimate of drug-likeness (QED) is 0.417. The molecule has 3 fully saturated rings. The molecular formula is C24H40N4O6. The average molecular weight is 481 g/mol. The van der Waals surface area contributed by atoms with Gasteiger partial charge in [-0.15, -0.1) is 0 Å². The summed E-state index contributed by atoms with van der Waals surface area (Å²) >= 11 is 0. The number of carbonyl (C=O) groups is 4. The van der Waals surface area contributed by atoms with Gasteiger partial charge in [0.2, 0.25) is 5.91 Å². The normalized spacial score (nSPS) is 29.7. The summed E-state index contributed by atoms with van der Waals surface area (Å²) in [6.07, 6.45) is 7.66. The largest absolute Gasteiger partial charge is 0.481 e. The summed E-state index contributed by atoms with van der Waals surface area (Å²) in [7, 11) is 0. The van der Waals surface area contributed by atoms with Crippen LogP contribution in [0.15, 0.2) is 0 Å². The number of amides is 4. The Morgan fingerprint density at radius 2 is 1.74 bits per heavy atom. The van der Waals surface area contributed by atoms with Crippen LogP contribution in [0.1, 0.15) is 71.1 Å². The van der Waals surface area contributed by atoms with Crippen LogP contribution >= 0.6 is 0 Å². The molecule has 2 unspecified atom stereocenters. The van der Waals surface area contributed by atoms with Crippen molar-refractivity contribution < 1.29 is 29.0 Å². The third-order valence-corrected chi connectivity index (χ3v) is 7.42. The number of carboxylic acids is 1. The number of ether oxygens (including phenoxy) is 1. The third-order valence-electron chi connectivity index (χ3n) is 7.42. The highest BCUT2D eigenvalue weighted by atomic mass is 16.5. The maximum absolute atomic E-state index is 12.8. The molecule has 0 aromatic carbocycles. The molecule has 10 nitrogen and oxygen atoms in total. The molecule has 3 rings (SSSR count). The number of hydrogen-bond acceptors (Lipinski definition) is 5. The molecule has 3 atom stereocenters. The fourth-order valence-corrected chi connectivity index (χ4v) is 5.25. The van der Waals surface area contributed by atoms with Gasteiger partial charge >= 0.3 is 12.0 Å². The second kappa shape index (κ2) is 12.9. The molecule has 4 amide bonds. The minimum Gasteiger partial charge on any atom is -0.481 e. The number of aliphatic carboxylic acids is 1. The number of nitrogens with zero attached hydrogens (tertiary/aromatic N) is 1. The van der Waals surface area contributed by atoms with Crippen molar-refractivity contribution >= 4 is 23.8 Å². The van der Waals surface area contributed by atoms with Crippen LogP contribution in [0.2, 0.25) is 0 Å². The first-order valence-corrected chi connectivity index (χ1v) is 12.8. The zero-order valence-electron chi connectivity index (χ0n) is 20.2.